The van der Waals surface area contributed by atoms with Crippen LogP contribution >= 0.6 is 7.60 Å². The number of benzene rings is 4. The molecule has 1 aliphatic heterocycles. The lowest BCUT2D eigenvalue weighted by Crippen LogP contribution is -2.50. The first-order valence-corrected chi connectivity index (χ1v) is 20.8. The molecule has 4 atom stereocenters. The molecule has 1 aromatic heterocycles. The van der Waals surface area contributed by atoms with Gasteiger partial charge >= 0.3 is 13.6 Å². The average molecular weight is 783 g/mol. The number of nitrogen functional groups attached to an aromatic ring is 1. The number of nitrogens with two attached hydrogens (primary N) is 1. The van der Waals surface area contributed by atoms with Crippen LogP contribution in [0.4, 0.5) is 10.6 Å². The summed E-state index contributed by atoms with van der Waals surface area (Å²) in [7, 11) is -3.23. The Morgan fingerprint density at radius 1 is 0.804 bits per heavy atom. The fraction of sp³-hybridized carbons (Fsp3) is 0.357. The molecule has 1 fully saturated rings. The molecule has 14 heteroatoms. The Bertz CT molecular complexity index is 2110. The number of nitrogens with one attached hydrogen (secondary N) is 2. The zero-order valence-corrected chi connectivity index (χ0v) is 32.7. The maximum absolute atomic E-state index is 15.2. The highest BCUT2D eigenvalue weighted by Gasteiger charge is 2.46. The number of hydrogen-bond acceptors (Lipinski definition) is 9. The molecule has 1 aliphatic rings. The van der Waals surface area contributed by atoms with E-state index in [9.17, 15) is 19.6 Å². The molecule has 0 saturated carbocycles. The van der Waals surface area contributed by atoms with Gasteiger partial charge in [-0.25, -0.2) is 4.79 Å². The van der Waals surface area contributed by atoms with E-state index in [1.807, 2.05) is 84.9 Å². The first-order chi connectivity index (χ1) is 27.1. The van der Waals surface area contributed by atoms with E-state index < -0.39 is 31.9 Å². The summed E-state index contributed by atoms with van der Waals surface area (Å²) >= 11 is 0. The van der Waals surface area contributed by atoms with Crippen molar-refractivity contribution in [2.75, 3.05) is 31.7 Å². The van der Waals surface area contributed by atoms with E-state index in [4.69, 9.17) is 14.8 Å². The van der Waals surface area contributed by atoms with E-state index >= 15 is 4.79 Å². The maximum atomic E-state index is 15.2. The highest BCUT2D eigenvalue weighted by molar-refractivity contribution is 7.53. The third-order valence-electron chi connectivity index (χ3n) is 10.1. The number of urea groups is 1. The van der Waals surface area contributed by atoms with Crippen molar-refractivity contribution in [2.45, 2.75) is 70.5 Å². The van der Waals surface area contributed by atoms with E-state index in [0.29, 0.717) is 29.8 Å². The van der Waals surface area contributed by atoms with E-state index in [2.05, 4.69) is 15.5 Å². The average Bonchev–Trinajstić information content (AvgIpc) is 3.56. The van der Waals surface area contributed by atoms with Crippen molar-refractivity contribution < 1.29 is 33.4 Å². The summed E-state index contributed by atoms with van der Waals surface area (Å²) in [6.45, 7) is 4.47. The molecule has 0 unspecified atom stereocenters. The Hall–Kier alpha value is -5.04. The predicted molar refractivity (Wildman–Crippen MR) is 216 cm³/mol. The molecule has 0 aliphatic carbocycles. The first kappa shape index (κ1) is 40.6. The number of carbonyl (C=O) groups excluding carboxylic acids is 2. The Balaban J connectivity index is 1.31. The topological polar surface area (TPSA) is 183 Å². The van der Waals surface area contributed by atoms with Gasteiger partial charge in [0.15, 0.2) is 5.82 Å². The molecule has 2 heterocycles. The smallest absolute Gasteiger partial charge is 0.330 e. The van der Waals surface area contributed by atoms with Crippen molar-refractivity contribution in [3.05, 3.63) is 131 Å². The quantitative estimate of drug-likeness (QED) is 0.0565. The number of aliphatic hydroxyl groups excluding tert-OH is 2. The van der Waals surface area contributed by atoms with Gasteiger partial charge in [-0.05, 0) is 79.6 Å². The van der Waals surface area contributed by atoms with Crippen LogP contribution in [-0.4, -0.2) is 92.4 Å². The van der Waals surface area contributed by atoms with Crippen LogP contribution in [0, 0.1) is 0 Å². The number of amides is 3. The molecule has 0 spiro atoms. The highest BCUT2D eigenvalue weighted by atomic mass is 31.2. The first-order valence-electron chi connectivity index (χ1n) is 19.1. The Morgan fingerprint density at radius 2 is 1.36 bits per heavy atom. The highest BCUT2D eigenvalue weighted by Crippen LogP contribution is 2.48. The predicted octanol–water partition coefficient (Wildman–Crippen LogP) is 5.91. The number of aromatic nitrogens is 2. The monoisotopic (exact) mass is 782 g/mol. The molecule has 3 amide bonds. The molecule has 6 rings (SSSR count). The molecular formula is C42H51N6O7P. The van der Waals surface area contributed by atoms with Crippen molar-refractivity contribution in [3.63, 3.8) is 0 Å². The third-order valence-corrected chi connectivity index (χ3v) is 12.3. The van der Waals surface area contributed by atoms with Crippen LogP contribution in [-0.2, 0) is 39.5 Å². The second-order valence-corrected chi connectivity index (χ2v) is 16.2. The Labute approximate surface area is 327 Å². The van der Waals surface area contributed by atoms with Crippen LogP contribution in [0.3, 0.4) is 0 Å². The summed E-state index contributed by atoms with van der Waals surface area (Å²) in [5.41, 5.74) is 10.5. The minimum Gasteiger partial charge on any atom is -0.388 e. The number of aliphatic hydroxyl groups is 2. The molecular weight excluding hydrogens is 731 g/mol. The van der Waals surface area contributed by atoms with Crippen LogP contribution in [0.15, 0.2) is 103 Å². The number of carbonyl (C=O) groups is 2. The lowest BCUT2D eigenvalue weighted by molar-refractivity contribution is -0.0408. The van der Waals surface area contributed by atoms with E-state index in [1.165, 1.54) is 0 Å². The molecule has 5 aromatic rings. The molecule has 0 bridgehead atoms. The summed E-state index contributed by atoms with van der Waals surface area (Å²) < 4.78 is 23.6. The molecule has 6 N–H and O–H groups in total. The lowest BCUT2D eigenvalue weighted by atomic mass is 9.91. The van der Waals surface area contributed by atoms with Crippen molar-refractivity contribution >= 4 is 36.3 Å². The van der Waals surface area contributed by atoms with Gasteiger partial charge in [0.1, 0.15) is 12.2 Å². The number of fused-ring (bicyclic) bond motifs is 1. The number of rotatable bonds is 17. The molecule has 296 valence electrons. The zero-order chi connectivity index (χ0) is 39.7. The number of aromatic amines is 1. The van der Waals surface area contributed by atoms with Gasteiger partial charge in [-0.1, -0.05) is 78.9 Å². The van der Waals surface area contributed by atoms with Crippen LogP contribution in [0.2, 0.25) is 0 Å². The van der Waals surface area contributed by atoms with Gasteiger partial charge in [0.05, 0.1) is 37.0 Å². The van der Waals surface area contributed by atoms with Crippen molar-refractivity contribution in [2.24, 2.45) is 0 Å². The second kappa shape index (κ2) is 18.7. The normalized spacial score (nSPS) is 19.0. The van der Waals surface area contributed by atoms with Gasteiger partial charge < -0.3 is 40.1 Å². The van der Waals surface area contributed by atoms with Gasteiger partial charge in [0.25, 0.3) is 5.91 Å². The number of anilines is 1. The molecule has 1 saturated heterocycles. The summed E-state index contributed by atoms with van der Waals surface area (Å²) in [5.74, 6) is 0.0104. The molecule has 13 nitrogen and oxygen atoms in total. The summed E-state index contributed by atoms with van der Waals surface area (Å²) in [5, 5.41) is 34.8. The molecule has 56 heavy (non-hydrogen) atoms. The SMILES string of the molecule is CCOP(=O)(CCCNC(=O)c1cccc(CN2C(=O)N(Cc3ccc4[nH]nc(N)c4c3)[C@H](Cc3ccccc3)[C@H](O)[C@@H](O)[C@H]2Cc2ccccc2)c1)OCC. The van der Waals surface area contributed by atoms with Crippen LogP contribution < -0.4 is 11.1 Å². The Kier molecular flexibility index (Phi) is 13.6. The fourth-order valence-corrected chi connectivity index (χ4v) is 9.00. The number of nitrogens with zero attached hydrogens (tertiary/aromatic N) is 3. The number of hydrogen-bond donors (Lipinski definition) is 5. The van der Waals surface area contributed by atoms with Crippen molar-refractivity contribution in [1.82, 2.24) is 25.3 Å². The fourth-order valence-electron chi connectivity index (χ4n) is 7.34. The summed E-state index contributed by atoms with van der Waals surface area (Å²) in [6.07, 6.45) is -1.48. The largest absolute Gasteiger partial charge is 0.388 e. The minimum absolute atomic E-state index is 0.0510. The van der Waals surface area contributed by atoms with E-state index in [1.54, 1.807) is 41.8 Å². The van der Waals surface area contributed by atoms with Crippen LogP contribution in [0.25, 0.3) is 10.9 Å². The van der Waals surface area contributed by atoms with Crippen molar-refractivity contribution in [1.29, 1.82) is 0 Å². The molecule has 0 radical (unpaired) electrons. The minimum atomic E-state index is -3.23. The lowest BCUT2D eigenvalue weighted by Gasteiger charge is -2.36. The summed E-state index contributed by atoms with van der Waals surface area (Å²) in [4.78, 5) is 31.8. The van der Waals surface area contributed by atoms with Crippen LogP contribution in [0.1, 0.15) is 52.9 Å². The molecule has 4 aromatic carbocycles. The van der Waals surface area contributed by atoms with Gasteiger partial charge in [-0.3, -0.25) is 14.5 Å². The van der Waals surface area contributed by atoms with Gasteiger partial charge in [-0.2, -0.15) is 5.10 Å². The Morgan fingerprint density at radius 3 is 1.93 bits per heavy atom. The van der Waals surface area contributed by atoms with Gasteiger partial charge in [0.2, 0.25) is 0 Å². The zero-order valence-electron chi connectivity index (χ0n) is 31.8. The number of H-pyrrole nitrogens is 1. The van der Waals surface area contributed by atoms with Crippen molar-refractivity contribution in [3.8, 4) is 0 Å². The van der Waals surface area contributed by atoms with E-state index in [-0.39, 0.29) is 57.4 Å². The standard InChI is InChI=1S/C42H51N6O7P/c1-3-54-56(53,55-4-2)22-12-21-44-41(51)33-18-11-17-31(23-33)27-47-36(25-29-13-7-5-8-14-29)38(49)39(50)37(26-30-15-9-6-10-16-30)48(42(47)52)28-32-19-20-35-34(24-32)40(43)46-45-35/h5-11,13-20,23-24,36-39,49-50H,3-4,12,21-22,25-28H2,1-2H3,(H,44,51)(H3,43,45,46)/t36-,37-,38+,39+/m1/s1. The van der Waals surface area contributed by atoms with Crippen LogP contribution in [0.5, 0.6) is 0 Å². The summed E-state index contributed by atoms with van der Waals surface area (Å²) in [6, 6.07) is 29.8. The maximum Gasteiger partial charge on any atom is 0.330 e. The van der Waals surface area contributed by atoms with Gasteiger partial charge in [-0.15, -0.1) is 0 Å². The van der Waals surface area contributed by atoms with E-state index in [0.717, 1.165) is 27.6 Å². The second-order valence-electron chi connectivity index (χ2n) is 14.0. The third kappa shape index (κ3) is 9.84. The van der Waals surface area contributed by atoms with Gasteiger partial charge in [0, 0.05) is 30.6 Å².